The standard InChI is InChI=1S/C25H22F5NO5/c1-13(32)15-8-6-14(7-9-15)12-31-24(33)16-4-2-3-5-17(11-10-16)35-25(34)36-23-21(29)19(27)18(26)20(28)22(23)30/h3,5-9,16-17H,2,4,10-12H2,1H3,(H,31,33)/b5-3+. The zero-order valence-corrected chi connectivity index (χ0v) is 19.1. The van der Waals surface area contributed by atoms with Crippen LogP contribution in [0.3, 0.4) is 0 Å². The van der Waals surface area contributed by atoms with Crippen molar-refractivity contribution in [2.24, 2.45) is 5.92 Å². The summed E-state index contributed by atoms with van der Waals surface area (Å²) in [5.41, 5.74) is 1.36. The van der Waals surface area contributed by atoms with Crippen LogP contribution >= 0.6 is 0 Å². The number of ketones is 1. The van der Waals surface area contributed by atoms with E-state index >= 15 is 0 Å². The van der Waals surface area contributed by atoms with Crippen molar-refractivity contribution in [3.63, 3.8) is 0 Å². The predicted octanol–water partition coefficient (Wildman–Crippen LogP) is 5.53. The zero-order chi connectivity index (χ0) is 26.4. The first-order valence-corrected chi connectivity index (χ1v) is 11.0. The van der Waals surface area contributed by atoms with Gasteiger partial charge in [-0.05, 0) is 44.2 Å². The van der Waals surface area contributed by atoms with E-state index in [0.717, 1.165) is 5.56 Å². The van der Waals surface area contributed by atoms with Gasteiger partial charge in [0.1, 0.15) is 6.10 Å². The van der Waals surface area contributed by atoms with E-state index in [-0.39, 0.29) is 24.7 Å². The van der Waals surface area contributed by atoms with Crippen LogP contribution < -0.4 is 10.1 Å². The Labute approximate surface area is 203 Å². The fourth-order valence-corrected chi connectivity index (χ4v) is 3.61. The second kappa shape index (κ2) is 11.8. The molecule has 3 rings (SSSR count). The third-order valence-electron chi connectivity index (χ3n) is 5.63. The van der Waals surface area contributed by atoms with Gasteiger partial charge in [-0.25, -0.2) is 18.0 Å². The molecule has 0 radical (unpaired) electrons. The first kappa shape index (κ1) is 26.8. The van der Waals surface area contributed by atoms with E-state index in [1.807, 2.05) is 0 Å². The van der Waals surface area contributed by atoms with Crippen LogP contribution in [-0.4, -0.2) is 23.9 Å². The number of benzene rings is 2. The van der Waals surface area contributed by atoms with Gasteiger partial charge in [-0.2, -0.15) is 8.78 Å². The largest absolute Gasteiger partial charge is 0.514 e. The highest BCUT2D eigenvalue weighted by molar-refractivity contribution is 5.94. The molecular formula is C25H22F5NO5. The Bertz CT molecular complexity index is 1150. The molecule has 0 saturated carbocycles. The van der Waals surface area contributed by atoms with Gasteiger partial charge in [0, 0.05) is 18.0 Å². The minimum Gasteiger partial charge on any atom is -0.426 e. The number of hydrogen-bond donors (Lipinski definition) is 1. The van der Waals surface area contributed by atoms with Gasteiger partial charge < -0.3 is 14.8 Å². The first-order chi connectivity index (χ1) is 17.1. The monoisotopic (exact) mass is 511 g/mol. The van der Waals surface area contributed by atoms with Crippen molar-refractivity contribution in [1.29, 1.82) is 0 Å². The smallest absolute Gasteiger partial charge is 0.426 e. The van der Waals surface area contributed by atoms with E-state index in [1.54, 1.807) is 30.3 Å². The molecule has 36 heavy (non-hydrogen) atoms. The molecule has 0 heterocycles. The van der Waals surface area contributed by atoms with Crippen molar-refractivity contribution in [1.82, 2.24) is 5.32 Å². The van der Waals surface area contributed by atoms with Crippen molar-refractivity contribution < 1.29 is 45.8 Å². The summed E-state index contributed by atoms with van der Waals surface area (Å²) in [5.74, 6) is -14.0. The minimum absolute atomic E-state index is 0.0684. The van der Waals surface area contributed by atoms with E-state index in [2.05, 4.69) is 10.1 Å². The predicted molar refractivity (Wildman–Crippen MR) is 117 cm³/mol. The van der Waals surface area contributed by atoms with Gasteiger partial charge in [-0.1, -0.05) is 30.3 Å². The molecule has 1 aliphatic rings. The molecular weight excluding hydrogens is 489 g/mol. The third-order valence-corrected chi connectivity index (χ3v) is 5.63. The summed E-state index contributed by atoms with van der Waals surface area (Å²) >= 11 is 0. The summed E-state index contributed by atoms with van der Waals surface area (Å²) in [7, 11) is 0. The van der Waals surface area contributed by atoms with Crippen LogP contribution in [-0.2, 0) is 16.1 Å². The Balaban J connectivity index is 1.55. The van der Waals surface area contributed by atoms with Crippen LogP contribution in [0.5, 0.6) is 5.75 Å². The maximum atomic E-state index is 13.7. The Morgan fingerprint density at radius 1 is 0.889 bits per heavy atom. The van der Waals surface area contributed by atoms with Crippen LogP contribution in [0.15, 0.2) is 36.4 Å². The first-order valence-electron chi connectivity index (χ1n) is 11.0. The number of allylic oxidation sites excluding steroid dienone is 1. The summed E-state index contributed by atoms with van der Waals surface area (Å²) in [5, 5.41) is 2.82. The molecule has 0 aromatic heterocycles. The van der Waals surface area contributed by atoms with Crippen LogP contribution in [0.4, 0.5) is 26.7 Å². The molecule has 192 valence electrons. The Kier molecular flexibility index (Phi) is 8.78. The van der Waals surface area contributed by atoms with E-state index in [1.165, 1.54) is 13.0 Å². The van der Waals surface area contributed by atoms with Crippen LogP contribution in [0.25, 0.3) is 0 Å². The van der Waals surface area contributed by atoms with E-state index in [4.69, 9.17) is 4.74 Å². The fourth-order valence-electron chi connectivity index (χ4n) is 3.61. The highest BCUT2D eigenvalue weighted by Crippen LogP contribution is 2.30. The Hall–Kier alpha value is -3.76. The number of hydrogen-bond acceptors (Lipinski definition) is 5. The van der Waals surface area contributed by atoms with Crippen molar-refractivity contribution >= 4 is 17.8 Å². The lowest BCUT2D eigenvalue weighted by atomic mass is 9.92. The minimum atomic E-state index is -2.38. The van der Waals surface area contributed by atoms with Gasteiger partial charge in [0.25, 0.3) is 0 Å². The number of carbonyl (C=O) groups is 3. The van der Waals surface area contributed by atoms with E-state index < -0.39 is 53.0 Å². The lowest BCUT2D eigenvalue weighted by Crippen LogP contribution is -2.32. The molecule has 11 heteroatoms. The number of Topliss-reactive ketones (excluding diaryl/α,β-unsaturated/α-hetero) is 1. The lowest BCUT2D eigenvalue weighted by molar-refractivity contribution is -0.125. The number of amides is 1. The summed E-state index contributed by atoms with van der Waals surface area (Å²) in [6.45, 7) is 1.70. The highest BCUT2D eigenvalue weighted by atomic mass is 19.2. The molecule has 2 unspecified atom stereocenters. The maximum absolute atomic E-state index is 13.7. The topological polar surface area (TPSA) is 81.7 Å². The molecule has 2 aromatic rings. The summed E-state index contributed by atoms with van der Waals surface area (Å²) in [6.07, 6.45) is 1.96. The van der Waals surface area contributed by atoms with E-state index in [0.29, 0.717) is 24.8 Å². The molecule has 0 saturated heterocycles. The zero-order valence-electron chi connectivity index (χ0n) is 19.1. The molecule has 1 aliphatic carbocycles. The van der Waals surface area contributed by atoms with Crippen LogP contribution in [0.1, 0.15) is 48.5 Å². The quantitative estimate of drug-likeness (QED) is 0.105. The number of nitrogens with one attached hydrogen (secondary N) is 1. The lowest BCUT2D eigenvalue weighted by Gasteiger charge is -2.21. The van der Waals surface area contributed by atoms with Gasteiger partial charge >= 0.3 is 6.16 Å². The SMILES string of the molecule is CC(=O)c1ccc(CNC(=O)C2CC/C=C/C(OC(=O)Oc3c(F)c(F)c(F)c(F)c3F)CC2)cc1. The molecule has 6 nitrogen and oxygen atoms in total. The molecule has 1 N–H and O–H groups in total. The molecule has 0 fully saturated rings. The normalized spacial score (nSPS) is 18.5. The summed E-state index contributed by atoms with van der Waals surface area (Å²) in [4.78, 5) is 36.0. The molecule has 0 aliphatic heterocycles. The fraction of sp³-hybridized carbons (Fsp3) is 0.320. The van der Waals surface area contributed by atoms with Crippen LogP contribution in [0, 0.1) is 35.0 Å². The van der Waals surface area contributed by atoms with Crippen molar-refractivity contribution in [3.8, 4) is 5.75 Å². The average molecular weight is 511 g/mol. The summed E-state index contributed by atoms with van der Waals surface area (Å²) < 4.78 is 76.4. The average Bonchev–Trinajstić information content (AvgIpc) is 2.84. The van der Waals surface area contributed by atoms with Gasteiger partial charge in [0.15, 0.2) is 5.78 Å². The van der Waals surface area contributed by atoms with E-state index in [9.17, 15) is 36.3 Å². The molecule has 0 bridgehead atoms. The molecule has 1 amide bonds. The molecule has 2 atom stereocenters. The van der Waals surface area contributed by atoms with Gasteiger partial charge in [0.05, 0.1) is 0 Å². The second-order valence-corrected chi connectivity index (χ2v) is 8.16. The molecule has 2 aromatic carbocycles. The van der Waals surface area contributed by atoms with Crippen LogP contribution in [0.2, 0.25) is 0 Å². The van der Waals surface area contributed by atoms with Gasteiger partial charge in [-0.3, -0.25) is 9.59 Å². The van der Waals surface area contributed by atoms with Gasteiger partial charge in [0.2, 0.25) is 40.7 Å². The number of ether oxygens (including phenoxy) is 2. The summed E-state index contributed by atoms with van der Waals surface area (Å²) in [6, 6.07) is 6.80. The van der Waals surface area contributed by atoms with Crippen molar-refractivity contribution in [2.75, 3.05) is 0 Å². The third kappa shape index (κ3) is 6.46. The number of rotatable bonds is 6. The second-order valence-electron chi connectivity index (χ2n) is 8.16. The Morgan fingerprint density at radius 2 is 1.50 bits per heavy atom. The van der Waals surface area contributed by atoms with Crippen molar-refractivity contribution in [2.45, 2.75) is 45.3 Å². The highest BCUT2D eigenvalue weighted by Gasteiger charge is 2.30. The maximum Gasteiger partial charge on any atom is 0.514 e. The number of halogens is 5. The molecule has 0 spiro atoms. The van der Waals surface area contributed by atoms with Gasteiger partial charge in [-0.15, -0.1) is 0 Å². The number of carbonyl (C=O) groups excluding carboxylic acids is 3. The van der Waals surface area contributed by atoms with Crippen molar-refractivity contribution in [3.05, 3.63) is 76.6 Å². The Morgan fingerprint density at radius 3 is 2.11 bits per heavy atom.